The summed E-state index contributed by atoms with van der Waals surface area (Å²) in [4.78, 5) is 66.1. The van der Waals surface area contributed by atoms with Gasteiger partial charge in [0.2, 0.25) is 0 Å². The number of alkyl halides is 2. The van der Waals surface area contributed by atoms with Crippen LogP contribution in [0.2, 0.25) is 0 Å². The van der Waals surface area contributed by atoms with Crippen LogP contribution in [0, 0.1) is 64.1 Å². The van der Waals surface area contributed by atoms with Crippen molar-refractivity contribution in [2.45, 2.75) is 146 Å². The summed E-state index contributed by atoms with van der Waals surface area (Å²) in [6, 6.07) is 0. The number of Topliss-reactive ketones (excluding diaryl/α,β-unsaturated/α-hetero) is 3. The van der Waals surface area contributed by atoms with Crippen LogP contribution in [-0.4, -0.2) is 65.4 Å². The summed E-state index contributed by atoms with van der Waals surface area (Å²) in [5.41, 5.74) is -2.06. The van der Waals surface area contributed by atoms with Crippen LogP contribution in [0.3, 0.4) is 0 Å². The number of esters is 2. The molecule has 0 radical (unpaired) electrons. The molecule has 12 aliphatic carbocycles. The van der Waals surface area contributed by atoms with Gasteiger partial charge >= 0.3 is 17.9 Å². The maximum absolute atomic E-state index is 14.1. The molecule has 12 bridgehead atoms. The Labute approximate surface area is 297 Å². The van der Waals surface area contributed by atoms with Crippen LogP contribution < -0.4 is 0 Å². The number of hydrogen-bond acceptors (Lipinski definition) is 9. The highest BCUT2D eigenvalue weighted by Crippen LogP contribution is 2.66. The van der Waals surface area contributed by atoms with E-state index >= 15 is 0 Å². The van der Waals surface area contributed by atoms with Crippen LogP contribution in [0.4, 0.5) is 8.78 Å². The lowest BCUT2D eigenvalue weighted by atomic mass is 9.48. The Balaban J connectivity index is 0.882. The molecule has 0 amide bonds. The van der Waals surface area contributed by atoms with E-state index in [2.05, 4.69) is 0 Å². The minimum Gasteiger partial charge on any atom is -0.462 e. The summed E-state index contributed by atoms with van der Waals surface area (Å²) >= 11 is 0. The lowest BCUT2D eigenvalue weighted by molar-refractivity contribution is -0.326. The van der Waals surface area contributed by atoms with E-state index in [-0.39, 0.29) is 66.2 Å². The fourth-order valence-corrected chi connectivity index (χ4v) is 14.6. The van der Waals surface area contributed by atoms with E-state index < -0.39 is 46.3 Å². The molecule has 9 nitrogen and oxygen atoms in total. The van der Waals surface area contributed by atoms with Crippen molar-refractivity contribution >= 4 is 29.3 Å². The van der Waals surface area contributed by atoms with Gasteiger partial charge in [0.05, 0.1) is 11.5 Å². The van der Waals surface area contributed by atoms with Crippen LogP contribution in [0.15, 0.2) is 0 Å². The Morgan fingerprint density at radius 3 is 1.78 bits per heavy atom. The van der Waals surface area contributed by atoms with E-state index in [1.807, 2.05) is 0 Å². The number of hydrogen-bond donors (Lipinski definition) is 0. The van der Waals surface area contributed by atoms with Crippen LogP contribution >= 0.6 is 0 Å². The minimum atomic E-state index is -3.58. The molecule has 1 aliphatic heterocycles. The van der Waals surface area contributed by atoms with Crippen LogP contribution in [0.5, 0.6) is 0 Å². The summed E-state index contributed by atoms with van der Waals surface area (Å²) in [6.07, 6.45) is 9.95. The highest BCUT2D eigenvalue weighted by molar-refractivity contribution is 5.92. The highest BCUT2D eigenvalue weighted by atomic mass is 19.3. The molecular weight excluding hydrogens is 662 g/mol. The second-order valence-corrected chi connectivity index (χ2v) is 19.5. The van der Waals surface area contributed by atoms with Gasteiger partial charge in [0.15, 0.2) is 5.79 Å². The highest BCUT2D eigenvalue weighted by Gasteiger charge is 2.69. The van der Waals surface area contributed by atoms with Crippen molar-refractivity contribution in [2.75, 3.05) is 6.61 Å². The van der Waals surface area contributed by atoms with E-state index in [0.717, 1.165) is 51.4 Å². The summed E-state index contributed by atoms with van der Waals surface area (Å²) < 4.78 is 53.7. The van der Waals surface area contributed by atoms with Gasteiger partial charge in [-0.15, -0.1) is 0 Å². The van der Waals surface area contributed by atoms with Gasteiger partial charge in [0, 0.05) is 54.3 Å². The fourth-order valence-electron chi connectivity index (χ4n) is 14.6. The molecule has 0 aromatic rings. The third kappa shape index (κ3) is 4.97. The van der Waals surface area contributed by atoms with Crippen molar-refractivity contribution in [3.05, 3.63) is 0 Å². The Morgan fingerprint density at radius 2 is 1.22 bits per heavy atom. The van der Waals surface area contributed by atoms with Gasteiger partial charge in [-0.2, -0.15) is 8.78 Å². The molecule has 13 aliphatic rings. The van der Waals surface area contributed by atoms with E-state index in [4.69, 9.17) is 18.9 Å². The summed E-state index contributed by atoms with van der Waals surface area (Å²) in [5, 5.41) is 0. The predicted octanol–water partition coefficient (Wildman–Crippen LogP) is 5.93. The quantitative estimate of drug-likeness (QED) is 0.268. The Hall–Kier alpha value is -2.27. The number of rotatable bonds is 9. The first-order chi connectivity index (χ1) is 24.2. The first kappa shape index (κ1) is 33.3. The van der Waals surface area contributed by atoms with Gasteiger partial charge in [-0.05, 0) is 120 Å². The van der Waals surface area contributed by atoms with Crippen molar-refractivity contribution in [1.82, 2.24) is 0 Å². The molecule has 12 saturated carbocycles. The van der Waals surface area contributed by atoms with Crippen LogP contribution in [0.1, 0.15) is 116 Å². The summed E-state index contributed by atoms with van der Waals surface area (Å²) in [7, 11) is 0. The first-order valence-corrected chi connectivity index (χ1v) is 19.9. The van der Waals surface area contributed by atoms with E-state index in [1.165, 1.54) is 0 Å². The molecule has 0 aromatic heterocycles. The number of ketones is 3. The van der Waals surface area contributed by atoms with Gasteiger partial charge in [0.25, 0.3) is 0 Å². The summed E-state index contributed by atoms with van der Waals surface area (Å²) in [5.74, 6) is -4.98. The maximum atomic E-state index is 14.1. The Kier molecular flexibility index (Phi) is 7.13. The minimum absolute atomic E-state index is 0.00343. The molecule has 0 N–H and O–H groups in total. The number of ether oxygens (including phenoxy) is 4. The predicted molar refractivity (Wildman–Crippen MR) is 173 cm³/mol. The lowest BCUT2D eigenvalue weighted by Crippen LogP contribution is -2.65. The van der Waals surface area contributed by atoms with Crippen molar-refractivity contribution in [2.24, 2.45) is 64.1 Å². The van der Waals surface area contributed by atoms with Crippen molar-refractivity contribution in [3.63, 3.8) is 0 Å². The zero-order valence-electron chi connectivity index (χ0n) is 29.5. The lowest BCUT2D eigenvalue weighted by Gasteiger charge is -2.62. The third-order valence-electron chi connectivity index (χ3n) is 16.1. The SMILES string of the molecule is CC(F)(F)C(=O)OC12CC3CC(C1)C1(OC(CCC(=O)C45CC6CC(C4)C(=O)C(C6)C5)C(COC(=O)C45CC6CC(C4)C(=O)C(C6)C5)O1)C(C3)C2. The van der Waals surface area contributed by atoms with Crippen LogP contribution in [0.25, 0.3) is 0 Å². The molecule has 1 saturated heterocycles. The summed E-state index contributed by atoms with van der Waals surface area (Å²) in [6.45, 7) is 0.549. The van der Waals surface area contributed by atoms with Crippen LogP contribution in [-0.2, 0) is 42.9 Å². The number of halogens is 2. The molecule has 1 heterocycles. The van der Waals surface area contributed by atoms with Crippen molar-refractivity contribution in [1.29, 1.82) is 0 Å². The average molecular weight is 713 g/mol. The van der Waals surface area contributed by atoms with E-state index in [9.17, 15) is 32.8 Å². The molecule has 1 spiro atoms. The van der Waals surface area contributed by atoms with E-state index in [0.29, 0.717) is 81.7 Å². The van der Waals surface area contributed by atoms with Gasteiger partial charge in [-0.1, -0.05) is 0 Å². The molecule has 8 unspecified atom stereocenters. The van der Waals surface area contributed by atoms with E-state index in [1.54, 1.807) is 0 Å². The first-order valence-electron chi connectivity index (χ1n) is 19.9. The average Bonchev–Trinajstić information content (AvgIpc) is 3.43. The largest absolute Gasteiger partial charge is 0.462 e. The zero-order chi connectivity index (χ0) is 35.3. The fraction of sp³-hybridized carbons (Fsp3) is 0.875. The standard InChI is InChI=1S/C40H50F2O9/c1-36(41,42)34(46)51-39-12-22-8-27(17-39)40(28(9-22)18-39)49-29(2-3-31(43)37-10-20-4-23(13-37)32(44)24(5-20)14-37)30(50-40)19-48-35(47)38-11-21-6-25(15-38)33(45)26(7-21)16-38/h20-30H,2-19H2,1H3. The number of carbonyl (C=O) groups is 5. The monoisotopic (exact) mass is 712 g/mol. The maximum Gasteiger partial charge on any atom is 0.377 e. The Bertz CT molecular complexity index is 1450. The van der Waals surface area contributed by atoms with Gasteiger partial charge in [0.1, 0.15) is 35.7 Å². The third-order valence-corrected chi connectivity index (χ3v) is 16.1. The molecular formula is C40H50F2O9. The van der Waals surface area contributed by atoms with Gasteiger partial charge in [-0.25, -0.2) is 4.79 Å². The molecule has 0 aromatic carbocycles. The molecule has 13 rings (SSSR count). The smallest absolute Gasteiger partial charge is 0.377 e. The second kappa shape index (κ2) is 10.9. The van der Waals surface area contributed by atoms with Crippen molar-refractivity contribution in [3.8, 4) is 0 Å². The molecule has 13 fully saturated rings. The number of carbonyl (C=O) groups excluding carboxylic acids is 5. The molecule has 278 valence electrons. The Morgan fingerprint density at radius 1 is 0.706 bits per heavy atom. The molecule has 8 atom stereocenters. The van der Waals surface area contributed by atoms with Gasteiger partial charge < -0.3 is 18.9 Å². The van der Waals surface area contributed by atoms with Gasteiger partial charge in [-0.3, -0.25) is 19.2 Å². The molecule has 51 heavy (non-hydrogen) atoms. The van der Waals surface area contributed by atoms with Crippen molar-refractivity contribution < 1.29 is 51.7 Å². The normalized spacial score (nSPS) is 51.2. The topological polar surface area (TPSA) is 122 Å². The zero-order valence-corrected chi connectivity index (χ0v) is 29.5. The molecule has 11 heteroatoms. The second-order valence-electron chi connectivity index (χ2n) is 19.5.